The molecule has 0 spiro atoms. The standard InChI is InChI=1S/C27H36Cl2N4O2.C26H34Cl2N4O2.C25H32Cl2N4O2/c28-14-19-33(20-15-29)25-12-6-22(7-13-25)21-27(35)31-24-10-8-23(9-11-24)30-26(34)5-4-18-32-16-2-1-3-17-32;27-13-18-32(19-14-28)24-10-4-21(5-11-24)20-26(34)30-23-8-6-22(7-9-23)29-25(33)12-17-31-15-2-1-3-16-31;26-12-16-31(17-13-27)23-10-4-20(5-11-23)18-24(32)28-21-6-8-22(9-7-21)29-25(33)19-30-14-2-1-3-15-30/h6-13H,1-5,14-21H2,(H,30,34)(H,31,35);4-11H,1-3,12-20H2,(H,29,33)(H,30,34);4-11H,1-3,12-19H2,(H,28,32)(H,29,33). The van der Waals surface area contributed by atoms with Crippen LogP contribution >= 0.6 is 69.6 Å². The Labute approximate surface area is 634 Å². The van der Waals surface area contributed by atoms with Gasteiger partial charge < -0.3 is 56.4 Å². The highest BCUT2D eigenvalue weighted by atomic mass is 35.5. The fraction of sp³-hybridized carbons (Fsp3) is 0.462. The number of hydrogen-bond donors (Lipinski definition) is 6. The summed E-state index contributed by atoms with van der Waals surface area (Å²) in [6, 6.07) is 45.3. The summed E-state index contributed by atoms with van der Waals surface area (Å²) in [5, 5.41) is 17.5. The molecule has 24 heteroatoms. The summed E-state index contributed by atoms with van der Waals surface area (Å²) in [5.41, 5.74) is 10.2. The maximum Gasteiger partial charge on any atom is 0.238 e. The fourth-order valence-electron chi connectivity index (χ4n) is 12.3. The van der Waals surface area contributed by atoms with Crippen LogP contribution in [0.1, 0.15) is 93.7 Å². The van der Waals surface area contributed by atoms with E-state index in [-0.39, 0.29) is 54.7 Å². The summed E-state index contributed by atoms with van der Waals surface area (Å²) in [5.74, 6) is 2.93. The Hall–Kier alpha value is -6.84. The van der Waals surface area contributed by atoms with Crippen LogP contribution in [0.5, 0.6) is 0 Å². The number of carbonyl (C=O) groups excluding carboxylic acids is 6. The summed E-state index contributed by atoms with van der Waals surface area (Å²) in [7, 11) is 0. The molecule has 9 rings (SSSR count). The van der Waals surface area contributed by atoms with E-state index in [1.807, 2.05) is 97.1 Å². The van der Waals surface area contributed by atoms with Crippen LogP contribution in [-0.2, 0) is 48.0 Å². The highest BCUT2D eigenvalue weighted by molar-refractivity contribution is 6.19. The number of nitrogens with zero attached hydrogens (tertiary/aromatic N) is 6. The number of halogens is 6. The molecule has 0 saturated carbocycles. The monoisotopic (exact) mass is 1510 g/mol. The Morgan fingerprint density at radius 3 is 0.814 bits per heavy atom. The van der Waals surface area contributed by atoms with Crippen molar-refractivity contribution in [2.75, 3.05) is 180 Å². The maximum absolute atomic E-state index is 12.5. The van der Waals surface area contributed by atoms with Crippen molar-refractivity contribution in [3.05, 3.63) is 162 Å². The van der Waals surface area contributed by atoms with E-state index in [1.165, 1.54) is 44.9 Å². The molecule has 0 aliphatic carbocycles. The highest BCUT2D eigenvalue weighted by Gasteiger charge is 2.18. The molecular weight excluding hydrogens is 1410 g/mol. The van der Waals surface area contributed by atoms with Gasteiger partial charge >= 0.3 is 0 Å². The number of nitrogens with one attached hydrogen (secondary N) is 6. The van der Waals surface area contributed by atoms with Gasteiger partial charge in [-0.15, -0.1) is 69.6 Å². The number of alkyl halides is 6. The average molecular weight is 1520 g/mol. The second kappa shape index (κ2) is 47.5. The summed E-state index contributed by atoms with van der Waals surface area (Å²) >= 11 is 35.3. The Balaban J connectivity index is 0.000000215. The number of likely N-dealkylation sites (tertiary alicyclic amines) is 3. The topological polar surface area (TPSA) is 194 Å². The van der Waals surface area contributed by atoms with Gasteiger partial charge in [-0.05, 0) is 217 Å². The SMILES string of the molecule is O=C(CCCN1CCCCC1)Nc1ccc(NC(=O)Cc2ccc(N(CCCl)CCCl)cc2)cc1.O=C(CCN1CCCCC1)Nc1ccc(NC(=O)Cc2ccc(N(CCCl)CCCl)cc2)cc1.O=C(Cc1ccc(N(CCCl)CCCl)cc1)Nc1ccc(NC(=O)CN2CCCCC2)cc1. The van der Waals surface area contributed by atoms with Crippen molar-refractivity contribution < 1.29 is 28.8 Å². The van der Waals surface area contributed by atoms with E-state index in [0.29, 0.717) is 71.7 Å². The molecule has 6 aromatic rings. The highest BCUT2D eigenvalue weighted by Crippen LogP contribution is 2.23. The first-order chi connectivity index (χ1) is 49.7. The van der Waals surface area contributed by atoms with Gasteiger partial charge in [0.05, 0.1) is 25.8 Å². The molecule has 0 unspecified atom stereocenters. The van der Waals surface area contributed by atoms with Gasteiger partial charge in [-0.25, -0.2) is 0 Å². The van der Waals surface area contributed by atoms with Gasteiger partial charge in [-0.1, -0.05) is 55.7 Å². The molecule has 18 nitrogen and oxygen atoms in total. The molecule has 6 amide bonds. The van der Waals surface area contributed by atoms with Crippen molar-refractivity contribution in [3.63, 3.8) is 0 Å². The van der Waals surface area contributed by atoms with Gasteiger partial charge in [0.2, 0.25) is 35.4 Å². The largest absolute Gasteiger partial charge is 0.369 e. The van der Waals surface area contributed by atoms with Crippen LogP contribution in [-0.4, -0.2) is 184 Å². The lowest BCUT2D eigenvalue weighted by Gasteiger charge is -2.26. The zero-order valence-electron chi connectivity index (χ0n) is 58.7. The molecule has 3 heterocycles. The van der Waals surface area contributed by atoms with Crippen LogP contribution in [0.4, 0.5) is 51.2 Å². The molecule has 0 radical (unpaired) electrons. The zero-order chi connectivity index (χ0) is 72.5. The molecule has 6 aromatic carbocycles. The lowest BCUT2D eigenvalue weighted by atomic mass is 10.1. The van der Waals surface area contributed by atoms with Gasteiger partial charge in [-0.2, -0.15) is 0 Å². The first kappa shape index (κ1) is 82.4. The number of amides is 6. The third-order valence-electron chi connectivity index (χ3n) is 17.7. The van der Waals surface area contributed by atoms with E-state index in [4.69, 9.17) is 69.6 Å². The van der Waals surface area contributed by atoms with E-state index >= 15 is 0 Å². The van der Waals surface area contributed by atoms with Crippen LogP contribution in [0.15, 0.2) is 146 Å². The minimum Gasteiger partial charge on any atom is -0.369 e. The molecule has 0 atom stereocenters. The van der Waals surface area contributed by atoms with Crippen molar-refractivity contribution in [3.8, 4) is 0 Å². The molecule has 3 aliphatic rings. The Bertz CT molecular complexity index is 3400. The Kier molecular flexibility index (Phi) is 38.4. The van der Waals surface area contributed by atoms with Crippen LogP contribution < -0.4 is 46.6 Å². The quantitative estimate of drug-likeness (QED) is 0.0204. The number of carbonyl (C=O) groups is 6. The van der Waals surface area contributed by atoms with Crippen LogP contribution in [0.25, 0.3) is 0 Å². The molecule has 0 bridgehead atoms. The van der Waals surface area contributed by atoms with Gasteiger partial charge in [0, 0.05) is 145 Å². The number of hydrogen-bond acceptors (Lipinski definition) is 12. The summed E-state index contributed by atoms with van der Waals surface area (Å²) in [6.07, 6.45) is 13.9. The maximum atomic E-state index is 12.5. The lowest BCUT2D eigenvalue weighted by Crippen LogP contribution is -2.36. The molecule has 3 saturated heterocycles. The van der Waals surface area contributed by atoms with Crippen LogP contribution in [0, 0.1) is 0 Å². The summed E-state index contributed by atoms with van der Waals surface area (Å²) in [6.45, 7) is 13.0. The average Bonchev–Trinajstić information content (AvgIpc) is 0.891. The zero-order valence-corrected chi connectivity index (χ0v) is 63.2. The van der Waals surface area contributed by atoms with Crippen molar-refractivity contribution in [1.29, 1.82) is 0 Å². The van der Waals surface area contributed by atoms with Crippen molar-refractivity contribution in [2.45, 2.75) is 96.3 Å². The number of rotatable bonds is 36. The fourth-order valence-corrected chi connectivity index (χ4v) is 13.6. The number of benzene rings is 6. The van der Waals surface area contributed by atoms with E-state index in [9.17, 15) is 28.8 Å². The summed E-state index contributed by atoms with van der Waals surface area (Å²) < 4.78 is 0. The molecular formula is C78H102Cl6N12O6. The molecule has 3 aliphatic heterocycles. The van der Waals surface area contributed by atoms with Gasteiger partial charge in [0.25, 0.3) is 0 Å². The molecule has 6 N–H and O–H groups in total. The first-order valence-electron chi connectivity index (χ1n) is 35.9. The number of piperidine rings is 3. The van der Waals surface area contributed by atoms with Gasteiger partial charge in [0.1, 0.15) is 0 Å². The van der Waals surface area contributed by atoms with Crippen LogP contribution in [0.2, 0.25) is 0 Å². The van der Waals surface area contributed by atoms with Crippen molar-refractivity contribution >= 4 is 156 Å². The summed E-state index contributed by atoms with van der Waals surface area (Å²) in [4.78, 5) is 87.5. The lowest BCUT2D eigenvalue weighted by molar-refractivity contribution is -0.118. The first-order valence-corrected chi connectivity index (χ1v) is 39.1. The van der Waals surface area contributed by atoms with Gasteiger partial charge in [0.15, 0.2) is 0 Å². The minimum absolute atomic E-state index is 0.00667. The molecule has 0 aromatic heterocycles. The second-order valence-electron chi connectivity index (χ2n) is 25.6. The smallest absolute Gasteiger partial charge is 0.238 e. The van der Waals surface area contributed by atoms with E-state index in [0.717, 1.165) is 162 Å². The third kappa shape index (κ3) is 31.6. The minimum atomic E-state index is -0.0944. The van der Waals surface area contributed by atoms with Crippen molar-refractivity contribution in [2.24, 2.45) is 0 Å². The predicted octanol–water partition coefficient (Wildman–Crippen LogP) is 14.9. The molecule has 3 fully saturated rings. The Morgan fingerprint density at radius 1 is 0.284 bits per heavy atom. The van der Waals surface area contributed by atoms with Crippen LogP contribution in [0.3, 0.4) is 0 Å². The normalized spacial score (nSPS) is 13.9. The van der Waals surface area contributed by atoms with E-state index in [2.05, 4.69) is 61.3 Å². The van der Waals surface area contributed by atoms with E-state index in [1.54, 1.807) is 48.5 Å². The van der Waals surface area contributed by atoms with E-state index < -0.39 is 0 Å². The van der Waals surface area contributed by atoms with Gasteiger partial charge in [-0.3, -0.25) is 33.7 Å². The second-order valence-corrected chi connectivity index (χ2v) is 27.9. The van der Waals surface area contributed by atoms with Crippen molar-refractivity contribution in [1.82, 2.24) is 14.7 Å². The number of anilines is 9. The predicted molar refractivity (Wildman–Crippen MR) is 427 cm³/mol. The third-order valence-corrected chi connectivity index (χ3v) is 18.7. The molecule has 552 valence electrons. The Morgan fingerprint density at radius 2 is 0.529 bits per heavy atom. The molecule has 102 heavy (non-hydrogen) atoms.